The van der Waals surface area contributed by atoms with Gasteiger partial charge in [0.2, 0.25) is 0 Å². The van der Waals surface area contributed by atoms with E-state index >= 15 is 0 Å². The van der Waals surface area contributed by atoms with Gasteiger partial charge in [0.05, 0.1) is 0 Å². The fraction of sp³-hybridized carbons (Fsp3) is 0.909. The molecule has 1 heterocycles. The quantitative estimate of drug-likeness (QED) is 0.711. The highest BCUT2D eigenvalue weighted by atomic mass is 32.2. The van der Waals surface area contributed by atoms with E-state index in [2.05, 4.69) is 17.1 Å². The fourth-order valence-electron chi connectivity index (χ4n) is 2.36. The van der Waals surface area contributed by atoms with E-state index in [1.165, 1.54) is 37.2 Å². The Morgan fingerprint density at radius 2 is 2.13 bits per heavy atom. The highest BCUT2D eigenvalue weighted by Gasteiger charge is 2.23. The molecular formula is C11H20N2S2. The number of hydrogen-bond acceptors (Lipinski definition) is 2. The second-order valence-corrected chi connectivity index (χ2v) is 6.08. The third-order valence-electron chi connectivity index (χ3n) is 3.31. The summed E-state index contributed by atoms with van der Waals surface area (Å²) in [5, 5.41) is 4.52. The second-order valence-electron chi connectivity index (χ2n) is 4.55. The Bertz CT molecular complexity index is 227. The summed E-state index contributed by atoms with van der Waals surface area (Å²) in [5.74, 6) is 2.43. The molecule has 0 radical (unpaired) electrons. The summed E-state index contributed by atoms with van der Waals surface area (Å²) in [7, 11) is 0. The molecule has 1 saturated carbocycles. The van der Waals surface area contributed by atoms with Crippen LogP contribution < -0.4 is 5.32 Å². The van der Waals surface area contributed by atoms with Gasteiger partial charge in [0.1, 0.15) is 0 Å². The lowest BCUT2D eigenvalue weighted by Crippen LogP contribution is -2.51. The van der Waals surface area contributed by atoms with E-state index in [-0.39, 0.29) is 0 Å². The predicted octanol–water partition coefficient (Wildman–Crippen LogP) is 2.24. The van der Waals surface area contributed by atoms with E-state index in [9.17, 15) is 0 Å². The molecule has 2 nitrogen and oxygen atoms in total. The Morgan fingerprint density at radius 3 is 2.80 bits per heavy atom. The van der Waals surface area contributed by atoms with Crippen LogP contribution in [0.15, 0.2) is 0 Å². The number of thiocarbonyl (C=S) groups is 1. The third kappa shape index (κ3) is 3.00. The van der Waals surface area contributed by atoms with Crippen molar-refractivity contribution in [3.05, 3.63) is 0 Å². The van der Waals surface area contributed by atoms with Crippen LogP contribution in [0.2, 0.25) is 0 Å². The number of nitrogens with one attached hydrogen (secondary N) is 1. The van der Waals surface area contributed by atoms with Crippen LogP contribution in [-0.2, 0) is 0 Å². The molecule has 0 aromatic carbocycles. The zero-order valence-electron chi connectivity index (χ0n) is 9.37. The predicted molar refractivity (Wildman–Crippen MR) is 71.5 cm³/mol. The van der Waals surface area contributed by atoms with Crippen molar-refractivity contribution in [3.63, 3.8) is 0 Å². The van der Waals surface area contributed by atoms with Crippen molar-refractivity contribution in [1.82, 2.24) is 10.2 Å². The van der Waals surface area contributed by atoms with Gasteiger partial charge in [0.15, 0.2) is 5.11 Å². The lowest BCUT2D eigenvalue weighted by atomic mass is 10.2. The zero-order chi connectivity index (χ0) is 10.7. The molecule has 86 valence electrons. The van der Waals surface area contributed by atoms with Gasteiger partial charge in [-0.1, -0.05) is 12.8 Å². The van der Waals surface area contributed by atoms with Crippen molar-refractivity contribution in [2.45, 2.75) is 44.7 Å². The highest BCUT2D eigenvalue weighted by molar-refractivity contribution is 7.99. The van der Waals surface area contributed by atoms with Gasteiger partial charge in [0, 0.05) is 30.1 Å². The van der Waals surface area contributed by atoms with Crippen molar-refractivity contribution in [2.24, 2.45) is 0 Å². The molecule has 0 spiro atoms. The first kappa shape index (κ1) is 11.5. The Labute approximate surface area is 102 Å². The minimum atomic E-state index is 0.602. The van der Waals surface area contributed by atoms with E-state index in [0.717, 1.165) is 11.7 Å². The summed E-state index contributed by atoms with van der Waals surface area (Å²) in [6.45, 7) is 3.39. The van der Waals surface area contributed by atoms with E-state index in [1.807, 2.05) is 11.8 Å². The van der Waals surface area contributed by atoms with Crippen molar-refractivity contribution in [3.8, 4) is 0 Å². The summed E-state index contributed by atoms with van der Waals surface area (Å²) in [6, 6.07) is 1.25. The van der Waals surface area contributed by atoms with Gasteiger partial charge < -0.3 is 10.2 Å². The summed E-state index contributed by atoms with van der Waals surface area (Å²) >= 11 is 7.53. The molecule has 15 heavy (non-hydrogen) atoms. The van der Waals surface area contributed by atoms with Crippen molar-refractivity contribution < 1.29 is 0 Å². The summed E-state index contributed by atoms with van der Waals surface area (Å²) in [6.07, 6.45) is 5.34. The van der Waals surface area contributed by atoms with Gasteiger partial charge in [-0.3, -0.25) is 0 Å². The molecule has 2 aliphatic rings. The molecule has 0 bridgehead atoms. The number of nitrogens with zero attached hydrogens (tertiary/aromatic N) is 1. The number of rotatable bonds is 1. The molecule has 0 amide bonds. The second kappa shape index (κ2) is 5.39. The minimum absolute atomic E-state index is 0.602. The van der Waals surface area contributed by atoms with Crippen molar-refractivity contribution >= 4 is 29.1 Å². The number of hydrogen-bond donors (Lipinski definition) is 1. The van der Waals surface area contributed by atoms with Gasteiger partial charge >= 0.3 is 0 Å². The van der Waals surface area contributed by atoms with Crippen molar-refractivity contribution in [1.29, 1.82) is 0 Å². The monoisotopic (exact) mass is 244 g/mol. The summed E-state index contributed by atoms with van der Waals surface area (Å²) < 4.78 is 0. The Balaban J connectivity index is 1.83. The molecule has 1 unspecified atom stereocenters. The Hall–Kier alpha value is 0.0400. The average molecular weight is 244 g/mol. The van der Waals surface area contributed by atoms with Crippen LogP contribution in [0.4, 0.5) is 0 Å². The maximum Gasteiger partial charge on any atom is 0.169 e. The van der Waals surface area contributed by atoms with Gasteiger partial charge in [-0.15, -0.1) is 0 Å². The molecule has 0 aromatic heterocycles. The lowest BCUT2D eigenvalue weighted by molar-refractivity contribution is 0.354. The summed E-state index contributed by atoms with van der Waals surface area (Å²) in [4.78, 5) is 2.37. The first-order chi connectivity index (χ1) is 7.27. The molecule has 1 aliphatic heterocycles. The summed E-state index contributed by atoms with van der Waals surface area (Å²) in [5.41, 5.74) is 0. The van der Waals surface area contributed by atoms with E-state index in [0.29, 0.717) is 12.1 Å². The van der Waals surface area contributed by atoms with Gasteiger partial charge in [-0.05, 0) is 32.0 Å². The van der Waals surface area contributed by atoms with Crippen LogP contribution in [-0.4, -0.2) is 40.1 Å². The normalized spacial score (nSPS) is 28.1. The van der Waals surface area contributed by atoms with Gasteiger partial charge in [-0.25, -0.2) is 0 Å². The Kier molecular flexibility index (Phi) is 4.14. The molecule has 4 heteroatoms. The first-order valence-corrected chi connectivity index (χ1v) is 7.48. The van der Waals surface area contributed by atoms with Crippen LogP contribution in [0.1, 0.15) is 32.6 Å². The smallest absolute Gasteiger partial charge is 0.169 e. The minimum Gasteiger partial charge on any atom is -0.360 e. The maximum atomic E-state index is 5.49. The molecular weight excluding hydrogens is 224 g/mol. The zero-order valence-corrected chi connectivity index (χ0v) is 11.0. The molecule has 2 rings (SSSR count). The van der Waals surface area contributed by atoms with E-state index in [4.69, 9.17) is 12.2 Å². The van der Waals surface area contributed by atoms with Crippen LogP contribution in [0.25, 0.3) is 0 Å². The van der Waals surface area contributed by atoms with Crippen LogP contribution >= 0.6 is 24.0 Å². The molecule has 1 saturated heterocycles. The van der Waals surface area contributed by atoms with Crippen LogP contribution in [0, 0.1) is 0 Å². The standard InChI is InChI=1S/C11H20N2S2/c1-9-8-15-7-6-13(9)11(14)12-10-4-2-3-5-10/h9-10H,2-8H2,1H3,(H,12,14). The first-order valence-electron chi connectivity index (χ1n) is 5.92. The van der Waals surface area contributed by atoms with E-state index < -0.39 is 0 Å². The molecule has 1 N–H and O–H groups in total. The van der Waals surface area contributed by atoms with Crippen molar-refractivity contribution in [2.75, 3.05) is 18.1 Å². The van der Waals surface area contributed by atoms with Crippen LogP contribution in [0.3, 0.4) is 0 Å². The molecule has 0 aromatic rings. The average Bonchev–Trinajstić information content (AvgIpc) is 2.71. The van der Waals surface area contributed by atoms with Gasteiger partial charge in [0.25, 0.3) is 0 Å². The fourth-order valence-corrected chi connectivity index (χ4v) is 3.81. The van der Waals surface area contributed by atoms with Crippen LogP contribution in [0.5, 0.6) is 0 Å². The largest absolute Gasteiger partial charge is 0.360 e. The lowest BCUT2D eigenvalue weighted by Gasteiger charge is -2.36. The number of thioether (sulfide) groups is 1. The molecule has 1 atom stereocenters. The van der Waals surface area contributed by atoms with Gasteiger partial charge in [-0.2, -0.15) is 11.8 Å². The maximum absolute atomic E-state index is 5.49. The Morgan fingerprint density at radius 1 is 1.40 bits per heavy atom. The molecule has 2 fully saturated rings. The molecule has 1 aliphatic carbocycles. The SMILES string of the molecule is CC1CSCCN1C(=S)NC1CCCC1. The topological polar surface area (TPSA) is 15.3 Å². The third-order valence-corrected chi connectivity index (χ3v) is 4.85. The van der Waals surface area contributed by atoms with E-state index in [1.54, 1.807) is 0 Å². The highest BCUT2D eigenvalue weighted by Crippen LogP contribution is 2.20.